The van der Waals surface area contributed by atoms with Crippen LogP contribution in [0.2, 0.25) is 5.02 Å². The maximum Gasteiger partial charge on any atom is 0.293 e. The second-order valence-corrected chi connectivity index (χ2v) is 7.01. The van der Waals surface area contributed by atoms with Crippen LogP contribution in [0, 0.1) is 0 Å². The van der Waals surface area contributed by atoms with Gasteiger partial charge in [0.25, 0.3) is 11.1 Å². The Kier molecular flexibility index (Phi) is 6.42. The molecule has 2 amide bonds. The molecule has 1 heterocycles. The van der Waals surface area contributed by atoms with Gasteiger partial charge in [-0.1, -0.05) is 35.9 Å². The minimum absolute atomic E-state index is 0.163. The summed E-state index contributed by atoms with van der Waals surface area (Å²) >= 11 is 6.95. The van der Waals surface area contributed by atoms with Crippen LogP contribution in [-0.4, -0.2) is 35.8 Å². The number of halogens is 1. The van der Waals surface area contributed by atoms with E-state index in [1.807, 2.05) is 31.2 Å². The molecular formula is C20H18ClNO4S. The van der Waals surface area contributed by atoms with Gasteiger partial charge in [0.1, 0.15) is 18.1 Å². The van der Waals surface area contributed by atoms with Crippen LogP contribution in [-0.2, 0) is 4.79 Å². The number of imide groups is 1. The summed E-state index contributed by atoms with van der Waals surface area (Å²) in [6.45, 7) is 2.85. The Hall–Kier alpha value is -2.44. The van der Waals surface area contributed by atoms with Gasteiger partial charge in [0.15, 0.2) is 0 Å². The van der Waals surface area contributed by atoms with Crippen LogP contribution >= 0.6 is 23.4 Å². The number of benzene rings is 2. The van der Waals surface area contributed by atoms with Crippen molar-refractivity contribution in [3.8, 4) is 11.5 Å². The molecule has 1 aliphatic heterocycles. The van der Waals surface area contributed by atoms with E-state index in [1.54, 1.807) is 30.3 Å². The molecule has 0 spiro atoms. The quantitative estimate of drug-likeness (QED) is 0.618. The first-order chi connectivity index (χ1) is 13.1. The number of para-hydroxylation sites is 1. The number of amides is 2. The molecule has 0 unspecified atom stereocenters. The van der Waals surface area contributed by atoms with Gasteiger partial charge < -0.3 is 9.47 Å². The lowest BCUT2D eigenvalue weighted by molar-refractivity contribution is -0.123. The Morgan fingerprint density at radius 3 is 2.52 bits per heavy atom. The van der Waals surface area contributed by atoms with Crippen molar-refractivity contribution in [2.75, 3.05) is 19.8 Å². The van der Waals surface area contributed by atoms with E-state index >= 15 is 0 Å². The molecule has 0 bridgehead atoms. The van der Waals surface area contributed by atoms with E-state index in [2.05, 4.69) is 0 Å². The van der Waals surface area contributed by atoms with Crippen LogP contribution in [0.3, 0.4) is 0 Å². The van der Waals surface area contributed by atoms with Crippen molar-refractivity contribution in [3.63, 3.8) is 0 Å². The lowest BCUT2D eigenvalue weighted by Crippen LogP contribution is -2.32. The molecule has 1 aliphatic rings. The minimum Gasteiger partial charge on any atom is -0.494 e. The van der Waals surface area contributed by atoms with Crippen molar-refractivity contribution in [1.29, 1.82) is 0 Å². The van der Waals surface area contributed by atoms with Gasteiger partial charge >= 0.3 is 0 Å². The monoisotopic (exact) mass is 403 g/mol. The van der Waals surface area contributed by atoms with E-state index < -0.39 is 0 Å². The second kappa shape index (κ2) is 8.97. The van der Waals surface area contributed by atoms with Crippen LogP contribution in [0.25, 0.3) is 6.08 Å². The summed E-state index contributed by atoms with van der Waals surface area (Å²) in [6.07, 6.45) is 1.70. The highest BCUT2D eigenvalue weighted by atomic mass is 35.5. The lowest BCUT2D eigenvalue weighted by atomic mass is 10.2. The van der Waals surface area contributed by atoms with Gasteiger partial charge in [0, 0.05) is 0 Å². The van der Waals surface area contributed by atoms with Gasteiger partial charge in [-0.2, -0.15) is 0 Å². The Labute approximate surface area is 166 Å². The van der Waals surface area contributed by atoms with Crippen molar-refractivity contribution in [3.05, 3.63) is 64.0 Å². The van der Waals surface area contributed by atoms with Crippen molar-refractivity contribution >= 4 is 40.6 Å². The molecule has 2 aromatic carbocycles. The van der Waals surface area contributed by atoms with Crippen LogP contribution in [0.1, 0.15) is 12.5 Å². The minimum atomic E-state index is -0.318. The van der Waals surface area contributed by atoms with Gasteiger partial charge in [0.2, 0.25) is 0 Å². The first-order valence-corrected chi connectivity index (χ1v) is 9.63. The molecule has 1 fully saturated rings. The van der Waals surface area contributed by atoms with Crippen LogP contribution < -0.4 is 9.47 Å². The predicted molar refractivity (Wildman–Crippen MR) is 107 cm³/mol. The summed E-state index contributed by atoms with van der Waals surface area (Å²) in [5.74, 6) is 0.970. The molecule has 27 heavy (non-hydrogen) atoms. The molecule has 1 saturated heterocycles. The van der Waals surface area contributed by atoms with E-state index in [1.165, 1.54) is 4.90 Å². The summed E-state index contributed by atoms with van der Waals surface area (Å²) in [5.41, 5.74) is 0.830. The van der Waals surface area contributed by atoms with Crippen LogP contribution in [0.4, 0.5) is 4.79 Å². The smallest absolute Gasteiger partial charge is 0.293 e. The maximum absolute atomic E-state index is 12.5. The van der Waals surface area contributed by atoms with Crippen molar-refractivity contribution in [2.45, 2.75) is 6.92 Å². The summed E-state index contributed by atoms with van der Waals surface area (Å²) in [6, 6.07) is 14.4. The highest BCUT2D eigenvalue weighted by Gasteiger charge is 2.34. The van der Waals surface area contributed by atoms with E-state index in [9.17, 15) is 9.59 Å². The molecule has 0 aromatic heterocycles. The number of nitrogens with zero attached hydrogens (tertiary/aromatic N) is 1. The number of carbonyl (C=O) groups excluding carboxylic acids is 2. The van der Waals surface area contributed by atoms with Crippen molar-refractivity contribution < 1.29 is 19.1 Å². The van der Waals surface area contributed by atoms with Gasteiger partial charge in [0.05, 0.1) is 23.1 Å². The average Bonchev–Trinajstić information content (AvgIpc) is 2.92. The number of ether oxygens (including phenoxy) is 2. The number of rotatable bonds is 7. The van der Waals surface area contributed by atoms with Crippen LogP contribution in [0.15, 0.2) is 53.4 Å². The van der Waals surface area contributed by atoms with Gasteiger partial charge in [-0.3, -0.25) is 14.5 Å². The molecule has 0 N–H and O–H groups in total. The zero-order valence-corrected chi connectivity index (χ0v) is 16.3. The van der Waals surface area contributed by atoms with E-state index in [0.29, 0.717) is 22.3 Å². The second-order valence-electron chi connectivity index (χ2n) is 5.61. The molecular weight excluding hydrogens is 386 g/mol. The third-order valence-electron chi connectivity index (χ3n) is 3.77. The Bertz CT molecular complexity index is 867. The molecule has 2 aromatic rings. The average molecular weight is 404 g/mol. The first-order valence-electron chi connectivity index (χ1n) is 8.44. The molecule has 0 saturated carbocycles. The highest BCUT2D eigenvalue weighted by Crippen LogP contribution is 2.32. The Morgan fingerprint density at radius 2 is 1.81 bits per heavy atom. The number of hydrogen-bond donors (Lipinski definition) is 0. The molecule has 5 nitrogen and oxygen atoms in total. The fraction of sp³-hybridized carbons (Fsp3) is 0.200. The largest absolute Gasteiger partial charge is 0.494 e. The van der Waals surface area contributed by atoms with Gasteiger partial charge in [-0.25, -0.2) is 0 Å². The molecule has 7 heteroatoms. The molecule has 0 atom stereocenters. The summed E-state index contributed by atoms with van der Waals surface area (Å²) in [7, 11) is 0. The van der Waals surface area contributed by atoms with E-state index in [-0.39, 0.29) is 24.3 Å². The van der Waals surface area contributed by atoms with Crippen LogP contribution in [0.5, 0.6) is 11.5 Å². The maximum atomic E-state index is 12.5. The Balaban J connectivity index is 1.61. The van der Waals surface area contributed by atoms with Crippen molar-refractivity contribution in [1.82, 2.24) is 4.90 Å². The third-order valence-corrected chi connectivity index (χ3v) is 4.99. The molecule has 0 radical (unpaired) electrons. The number of hydrogen-bond acceptors (Lipinski definition) is 5. The third kappa shape index (κ3) is 4.84. The van der Waals surface area contributed by atoms with Gasteiger partial charge in [-0.05, 0) is 54.6 Å². The zero-order valence-electron chi connectivity index (χ0n) is 14.7. The zero-order chi connectivity index (χ0) is 19.2. The first kappa shape index (κ1) is 19.3. The van der Waals surface area contributed by atoms with Gasteiger partial charge in [-0.15, -0.1) is 0 Å². The summed E-state index contributed by atoms with van der Waals surface area (Å²) < 4.78 is 11.0. The highest BCUT2D eigenvalue weighted by molar-refractivity contribution is 8.18. The number of thioether (sulfide) groups is 1. The normalized spacial score (nSPS) is 15.5. The lowest BCUT2D eigenvalue weighted by Gasteiger charge is -2.13. The molecule has 0 aliphatic carbocycles. The van der Waals surface area contributed by atoms with E-state index in [0.717, 1.165) is 23.1 Å². The fourth-order valence-electron chi connectivity index (χ4n) is 2.48. The number of carbonyl (C=O) groups is 2. The molecule has 140 valence electrons. The van der Waals surface area contributed by atoms with Crippen molar-refractivity contribution in [2.24, 2.45) is 0 Å². The SMILES string of the molecule is CCOc1ccc(/C=C2\SC(=O)N(CCOc3ccccc3Cl)C2=O)cc1. The Morgan fingerprint density at radius 1 is 1.07 bits per heavy atom. The topological polar surface area (TPSA) is 55.8 Å². The van der Waals surface area contributed by atoms with E-state index in [4.69, 9.17) is 21.1 Å². The summed E-state index contributed by atoms with van der Waals surface area (Å²) in [4.78, 5) is 26.2. The fourth-order valence-corrected chi connectivity index (χ4v) is 3.54. The molecule has 3 rings (SSSR count). The summed E-state index contributed by atoms with van der Waals surface area (Å²) in [5, 5.41) is 0.182. The standard InChI is InChI=1S/C20H18ClNO4S/c1-2-25-15-9-7-14(8-10-15)13-18-19(23)22(20(24)27-18)11-12-26-17-6-4-3-5-16(17)21/h3-10,13H,2,11-12H2,1H3/b18-13-. The predicted octanol–water partition coefficient (Wildman–Crippen LogP) is 4.85.